The summed E-state index contributed by atoms with van der Waals surface area (Å²) in [6.07, 6.45) is 10.9. The minimum Gasteiger partial charge on any atom is -0.375 e. The van der Waals surface area contributed by atoms with Crippen LogP contribution < -0.4 is 0 Å². The molecule has 0 aromatic heterocycles. The van der Waals surface area contributed by atoms with Gasteiger partial charge in [0.2, 0.25) is 5.91 Å². The Labute approximate surface area is 160 Å². The molecule has 0 radical (unpaired) electrons. The van der Waals surface area contributed by atoms with Crippen LogP contribution in [0.5, 0.6) is 0 Å². The van der Waals surface area contributed by atoms with Gasteiger partial charge in [-0.05, 0) is 84.6 Å². The van der Waals surface area contributed by atoms with Gasteiger partial charge >= 0.3 is 0 Å². The lowest BCUT2D eigenvalue weighted by Gasteiger charge is -2.46. The van der Waals surface area contributed by atoms with Crippen molar-refractivity contribution in [3.05, 3.63) is 0 Å². The number of carbonyl (C=O) groups excluding carboxylic acids is 1. The van der Waals surface area contributed by atoms with Crippen LogP contribution in [0.2, 0.25) is 0 Å². The van der Waals surface area contributed by atoms with Crippen LogP contribution in [0.3, 0.4) is 0 Å². The Morgan fingerprint density at radius 1 is 1.08 bits per heavy atom. The summed E-state index contributed by atoms with van der Waals surface area (Å²) in [5, 5.41) is 0. The number of hydrogen-bond acceptors (Lipinski definition) is 4. The highest BCUT2D eigenvalue weighted by Gasteiger charge is 2.41. The monoisotopic (exact) mass is 365 g/mol. The fraction of sp³-hybridized carbons (Fsp3) is 0.952. The van der Waals surface area contributed by atoms with Crippen LogP contribution in [0.4, 0.5) is 0 Å². The molecule has 0 aromatic rings. The van der Waals surface area contributed by atoms with E-state index < -0.39 is 0 Å². The van der Waals surface area contributed by atoms with Gasteiger partial charge in [-0.3, -0.25) is 9.69 Å². The molecule has 1 unspecified atom stereocenters. The van der Waals surface area contributed by atoms with Crippen molar-refractivity contribution in [2.75, 3.05) is 60.0 Å². The van der Waals surface area contributed by atoms with Crippen molar-refractivity contribution >= 4 is 5.91 Å². The maximum atomic E-state index is 12.7. The number of amides is 1. The predicted octanol–water partition coefficient (Wildman–Crippen LogP) is 2.60. The van der Waals surface area contributed by atoms with E-state index in [-0.39, 0.29) is 5.60 Å². The van der Waals surface area contributed by atoms with Crippen LogP contribution in [-0.4, -0.2) is 86.2 Å². The van der Waals surface area contributed by atoms with Crippen LogP contribution in [-0.2, 0) is 9.53 Å². The Morgan fingerprint density at radius 3 is 2.42 bits per heavy atom. The summed E-state index contributed by atoms with van der Waals surface area (Å²) >= 11 is 0. The van der Waals surface area contributed by atoms with E-state index in [0.717, 1.165) is 51.5 Å². The minimum absolute atomic E-state index is 0.0502. The second kappa shape index (κ2) is 9.52. The molecule has 1 amide bonds. The zero-order valence-electron chi connectivity index (χ0n) is 17.0. The summed E-state index contributed by atoms with van der Waals surface area (Å²) in [6.45, 7) is 6.65. The number of ether oxygens (including phenoxy) is 1. The van der Waals surface area contributed by atoms with E-state index in [1.165, 1.54) is 51.5 Å². The highest BCUT2D eigenvalue weighted by atomic mass is 16.5. The summed E-state index contributed by atoms with van der Waals surface area (Å²) in [4.78, 5) is 19.5. The van der Waals surface area contributed by atoms with Crippen molar-refractivity contribution in [2.24, 2.45) is 5.92 Å². The molecule has 0 aliphatic carbocycles. The SMILES string of the molecule is CN(C)CCC1CCOC2(CCN(C(=O)CN3CCCCCC3)CC2)C1. The number of carbonyl (C=O) groups is 1. The highest BCUT2D eigenvalue weighted by molar-refractivity contribution is 5.78. The molecule has 0 aromatic carbocycles. The lowest BCUT2D eigenvalue weighted by Crippen LogP contribution is -2.52. The van der Waals surface area contributed by atoms with Crippen molar-refractivity contribution in [2.45, 2.75) is 63.4 Å². The van der Waals surface area contributed by atoms with Crippen molar-refractivity contribution in [1.29, 1.82) is 0 Å². The van der Waals surface area contributed by atoms with E-state index in [1.54, 1.807) is 0 Å². The first-order chi connectivity index (χ1) is 12.6. The molecule has 1 spiro atoms. The topological polar surface area (TPSA) is 36.0 Å². The van der Waals surface area contributed by atoms with Gasteiger partial charge < -0.3 is 14.5 Å². The van der Waals surface area contributed by atoms with Gasteiger partial charge in [0.1, 0.15) is 0 Å². The van der Waals surface area contributed by atoms with Crippen LogP contribution in [0.25, 0.3) is 0 Å². The number of rotatable bonds is 5. The van der Waals surface area contributed by atoms with Crippen LogP contribution in [0.1, 0.15) is 57.8 Å². The van der Waals surface area contributed by atoms with E-state index >= 15 is 0 Å². The number of nitrogens with zero attached hydrogens (tertiary/aromatic N) is 3. The van der Waals surface area contributed by atoms with Crippen molar-refractivity contribution < 1.29 is 9.53 Å². The molecule has 0 N–H and O–H groups in total. The standard InChI is InChI=1S/C21H39N3O2/c1-22(2)13-7-19-8-16-26-21(17-19)9-14-24(15-10-21)20(25)18-23-11-5-3-4-6-12-23/h19H,3-18H2,1-2H3. The van der Waals surface area contributed by atoms with Gasteiger partial charge in [-0.2, -0.15) is 0 Å². The van der Waals surface area contributed by atoms with E-state index in [1.807, 2.05) is 0 Å². The van der Waals surface area contributed by atoms with Crippen molar-refractivity contribution in [1.82, 2.24) is 14.7 Å². The van der Waals surface area contributed by atoms with Gasteiger partial charge in [-0.1, -0.05) is 12.8 Å². The quantitative estimate of drug-likeness (QED) is 0.750. The second-order valence-electron chi connectivity index (χ2n) is 9.05. The molecule has 3 fully saturated rings. The summed E-state index contributed by atoms with van der Waals surface area (Å²) in [6, 6.07) is 0. The van der Waals surface area contributed by atoms with E-state index in [9.17, 15) is 4.79 Å². The largest absolute Gasteiger partial charge is 0.375 e. The molecule has 0 bridgehead atoms. The lowest BCUT2D eigenvalue weighted by molar-refractivity contribution is -0.148. The lowest BCUT2D eigenvalue weighted by atomic mass is 9.78. The van der Waals surface area contributed by atoms with Crippen LogP contribution >= 0.6 is 0 Å². The number of piperidine rings is 1. The van der Waals surface area contributed by atoms with Gasteiger partial charge in [0.05, 0.1) is 12.1 Å². The van der Waals surface area contributed by atoms with Gasteiger partial charge in [0, 0.05) is 19.7 Å². The second-order valence-corrected chi connectivity index (χ2v) is 9.05. The fourth-order valence-electron chi connectivity index (χ4n) is 4.91. The maximum absolute atomic E-state index is 12.7. The predicted molar refractivity (Wildman–Crippen MR) is 105 cm³/mol. The molecule has 3 rings (SSSR count). The average Bonchev–Trinajstić information content (AvgIpc) is 2.89. The van der Waals surface area contributed by atoms with Crippen LogP contribution in [0.15, 0.2) is 0 Å². The molecule has 3 saturated heterocycles. The molecule has 150 valence electrons. The maximum Gasteiger partial charge on any atom is 0.236 e. The third-order valence-electron chi connectivity index (χ3n) is 6.66. The fourth-order valence-corrected chi connectivity index (χ4v) is 4.91. The first kappa shape index (κ1) is 20.1. The molecular formula is C21H39N3O2. The van der Waals surface area contributed by atoms with Gasteiger partial charge in [-0.25, -0.2) is 0 Å². The summed E-state index contributed by atoms with van der Waals surface area (Å²) < 4.78 is 6.28. The summed E-state index contributed by atoms with van der Waals surface area (Å²) in [5.41, 5.74) is 0.0502. The zero-order chi connectivity index (χ0) is 18.4. The van der Waals surface area contributed by atoms with E-state index in [0.29, 0.717) is 12.5 Å². The molecular weight excluding hydrogens is 326 g/mol. The molecule has 5 nitrogen and oxygen atoms in total. The number of likely N-dealkylation sites (tertiary alicyclic amines) is 2. The third-order valence-corrected chi connectivity index (χ3v) is 6.66. The Balaban J connectivity index is 1.44. The summed E-state index contributed by atoms with van der Waals surface area (Å²) in [5.74, 6) is 1.12. The first-order valence-corrected chi connectivity index (χ1v) is 10.9. The molecule has 5 heteroatoms. The molecule has 0 saturated carbocycles. The smallest absolute Gasteiger partial charge is 0.236 e. The van der Waals surface area contributed by atoms with Crippen molar-refractivity contribution in [3.63, 3.8) is 0 Å². The van der Waals surface area contributed by atoms with Crippen LogP contribution in [0, 0.1) is 5.92 Å². The molecule has 3 aliphatic rings. The van der Waals surface area contributed by atoms with E-state index in [2.05, 4.69) is 28.8 Å². The highest BCUT2D eigenvalue weighted by Crippen LogP contribution is 2.38. The average molecular weight is 366 g/mol. The Morgan fingerprint density at radius 2 is 1.77 bits per heavy atom. The Bertz CT molecular complexity index is 439. The van der Waals surface area contributed by atoms with Crippen molar-refractivity contribution in [3.8, 4) is 0 Å². The van der Waals surface area contributed by atoms with Gasteiger partial charge in [-0.15, -0.1) is 0 Å². The zero-order valence-corrected chi connectivity index (χ0v) is 17.0. The summed E-state index contributed by atoms with van der Waals surface area (Å²) in [7, 11) is 4.31. The molecule has 3 aliphatic heterocycles. The minimum atomic E-state index is 0.0502. The Hall–Kier alpha value is -0.650. The molecule has 3 heterocycles. The Kier molecular flexibility index (Phi) is 7.35. The normalized spacial score (nSPS) is 27.7. The van der Waals surface area contributed by atoms with Gasteiger partial charge in [0.15, 0.2) is 0 Å². The molecule has 1 atom stereocenters. The van der Waals surface area contributed by atoms with E-state index in [4.69, 9.17) is 4.74 Å². The van der Waals surface area contributed by atoms with Gasteiger partial charge in [0.25, 0.3) is 0 Å². The number of hydrogen-bond donors (Lipinski definition) is 0. The third kappa shape index (κ3) is 5.67. The molecule has 26 heavy (non-hydrogen) atoms. The first-order valence-electron chi connectivity index (χ1n) is 10.9.